The van der Waals surface area contributed by atoms with Crippen LogP contribution < -0.4 is 15.0 Å². The third-order valence-corrected chi connectivity index (χ3v) is 3.96. The van der Waals surface area contributed by atoms with E-state index >= 15 is 0 Å². The molecular formula is C20H26N2O3. The van der Waals surface area contributed by atoms with E-state index in [0.717, 1.165) is 22.6 Å². The SMILES string of the molecule is Cc1ccccc1OCC(O)CNC(=O)c1ccc(N(C)C)c(C)c1. The van der Waals surface area contributed by atoms with Gasteiger partial charge < -0.3 is 20.1 Å². The van der Waals surface area contributed by atoms with Gasteiger partial charge in [-0.25, -0.2) is 0 Å². The summed E-state index contributed by atoms with van der Waals surface area (Å²) in [6.45, 7) is 4.18. The highest BCUT2D eigenvalue weighted by atomic mass is 16.5. The second-order valence-corrected chi connectivity index (χ2v) is 6.34. The Balaban J connectivity index is 1.85. The van der Waals surface area contributed by atoms with Gasteiger partial charge in [0.05, 0.1) is 0 Å². The van der Waals surface area contributed by atoms with E-state index in [2.05, 4.69) is 5.32 Å². The van der Waals surface area contributed by atoms with Crippen molar-refractivity contribution in [2.24, 2.45) is 0 Å². The van der Waals surface area contributed by atoms with Crippen molar-refractivity contribution < 1.29 is 14.6 Å². The van der Waals surface area contributed by atoms with Gasteiger partial charge in [0.15, 0.2) is 0 Å². The molecule has 2 aromatic carbocycles. The van der Waals surface area contributed by atoms with Gasteiger partial charge in [-0.15, -0.1) is 0 Å². The van der Waals surface area contributed by atoms with Gasteiger partial charge in [-0.3, -0.25) is 4.79 Å². The number of aliphatic hydroxyl groups excluding tert-OH is 1. The predicted octanol–water partition coefficient (Wildman–Crippen LogP) is 2.54. The van der Waals surface area contributed by atoms with Crippen LogP contribution in [0.1, 0.15) is 21.5 Å². The van der Waals surface area contributed by atoms with Crippen LogP contribution in [0.15, 0.2) is 42.5 Å². The van der Waals surface area contributed by atoms with E-state index in [-0.39, 0.29) is 19.1 Å². The number of aryl methyl sites for hydroxylation is 2. The van der Waals surface area contributed by atoms with Gasteiger partial charge in [-0.1, -0.05) is 18.2 Å². The molecule has 2 rings (SSSR count). The Kier molecular flexibility index (Phi) is 6.42. The Morgan fingerprint density at radius 2 is 1.88 bits per heavy atom. The van der Waals surface area contributed by atoms with Gasteiger partial charge in [0.1, 0.15) is 18.5 Å². The molecule has 0 saturated heterocycles. The van der Waals surface area contributed by atoms with Gasteiger partial charge >= 0.3 is 0 Å². The first-order valence-corrected chi connectivity index (χ1v) is 8.31. The van der Waals surface area contributed by atoms with Crippen LogP contribution in [0.2, 0.25) is 0 Å². The third-order valence-electron chi connectivity index (χ3n) is 3.96. The summed E-state index contributed by atoms with van der Waals surface area (Å²) in [4.78, 5) is 14.2. The number of aliphatic hydroxyl groups is 1. The Morgan fingerprint density at radius 1 is 1.16 bits per heavy atom. The smallest absolute Gasteiger partial charge is 0.251 e. The van der Waals surface area contributed by atoms with Crippen LogP contribution in [0.5, 0.6) is 5.75 Å². The molecule has 2 aromatic rings. The normalized spacial score (nSPS) is 11.7. The van der Waals surface area contributed by atoms with E-state index in [1.54, 1.807) is 6.07 Å². The lowest BCUT2D eigenvalue weighted by Crippen LogP contribution is -2.35. The molecule has 0 aliphatic rings. The number of para-hydroxylation sites is 1. The molecule has 1 unspecified atom stereocenters. The minimum Gasteiger partial charge on any atom is -0.491 e. The number of amides is 1. The van der Waals surface area contributed by atoms with Crippen LogP contribution in [0.4, 0.5) is 5.69 Å². The summed E-state index contributed by atoms with van der Waals surface area (Å²) in [6, 6.07) is 13.2. The molecule has 0 aliphatic heterocycles. The summed E-state index contributed by atoms with van der Waals surface area (Å²) in [5, 5.41) is 12.8. The van der Waals surface area contributed by atoms with E-state index in [1.807, 2.05) is 69.2 Å². The van der Waals surface area contributed by atoms with E-state index in [9.17, 15) is 9.90 Å². The lowest BCUT2D eigenvalue weighted by molar-refractivity contribution is 0.0842. The van der Waals surface area contributed by atoms with Crippen LogP contribution in [-0.4, -0.2) is 44.4 Å². The summed E-state index contributed by atoms with van der Waals surface area (Å²) >= 11 is 0. The lowest BCUT2D eigenvalue weighted by atomic mass is 10.1. The van der Waals surface area contributed by atoms with Crippen molar-refractivity contribution in [3.05, 3.63) is 59.2 Å². The van der Waals surface area contributed by atoms with Crippen molar-refractivity contribution in [2.75, 3.05) is 32.1 Å². The fourth-order valence-corrected chi connectivity index (χ4v) is 2.57. The number of nitrogens with one attached hydrogen (secondary N) is 1. The second-order valence-electron chi connectivity index (χ2n) is 6.34. The minimum absolute atomic E-state index is 0.129. The zero-order valence-corrected chi connectivity index (χ0v) is 15.2. The first-order valence-electron chi connectivity index (χ1n) is 8.31. The number of carbonyl (C=O) groups excluding carboxylic acids is 1. The quantitative estimate of drug-likeness (QED) is 0.812. The Hall–Kier alpha value is -2.53. The number of benzene rings is 2. The van der Waals surface area contributed by atoms with Gasteiger partial charge in [0.2, 0.25) is 0 Å². The second kappa shape index (κ2) is 8.53. The Morgan fingerprint density at radius 3 is 2.52 bits per heavy atom. The van der Waals surface area contributed by atoms with E-state index in [0.29, 0.717) is 5.56 Å². The fraction of sp³-hybridized carbons (Fsp3) is 0.350. The average Bonchev–Trinajstić information content (AvgIpc) is 2.58. The van der Waals surface area contributed by atoms with E-state index < -0.39 is 6.10 Å². The zero-order chi connectivity index (χ0) is 18.4. The number of nitrogens with zero attached hydrogens (tertiary/aromatic N) is 1. The molecule has 134 valence electrons. The monoisotopic (exact) mass is 342 g/mol. The van der Waals surface area contributed by atoms with Gasteiger partial charge in [0, 0.05) is 31.9 Å². The number of hydrogen-bond acceptors (Lipinski definition) is 4. The van der Waals surface area contributed by atoms with E-state index in [4.69, 9.17) is 4.74 Å². The molecule has 0 aliphatic carbocycles. The van der Waals surface area contributed by atoms with Crippen LogP contribution in [0.3, 0.4) is 0 Å². The molecule has 0 radical (unpaired) electrons. The van der Waals surface area contributed by atoms with Crippen LogP contribution >= 0.6 is 0 Å². The molecule has 0 heterocycles. The Labute approximate surface area is 149 Å². The highest BCUT2D eigenvalue weighted by Gasteiger charge is 2.12. The largest absolute Gasteiger partial charge is 0.491 e. The molecule has 0 fully saturated rings. The number of hydrogen-bond donors (Lipinski definition) is 2. The summed E-state index contributed by atoms with van der Waals surface area (Å²) < 4.78 is 5.59. The molecule has 1 amide bonds. The third kappa shape index (κ3) is 5.22. The molecule has 2 N–H and O–H groups in total. The van der Waals surface area contributed by atoms with Crippen molar-refractivity contribution in [1.29, 1.82) is 0 Å². The number of carbonyl (C=O) groups is 1. The van der Waals surface area contributed by atoms with E-state index in [1.165, 1.54) is 0 Å². The molecule has 0 aromatic heterocycles. The standard InChI is InChI=1S/C20H26N2O3/c1-14-7-5-6-8-19(14)25-13-17(23)12-21-20(24)16-9-10-18(22(3)4)15(2)11-16/h5-11,17,23H,12-13H2,1-4H3,(H,21,24). The van der Waals surface area contributed by atoms with Gasteiger partial charge in [-0.05, 0) is 49.2 Å². The molecule has 0 bridgehead atoms. The lowest BCUT2D eigenvalue weighted by Gasteiger charge is -2.17. The van der Waals surface area contributed by atoms with Gasteiger partial charge in [0.25, 0.3) is 5.91 Å². The van der Waals surface area contributed by atoms with Crippen molar-refractivity contribution >= 4 is 11.6 Å². The predicted molar refractivity (Wildman–Crippen MR) is 101 cm³/mol. The zero-order valence-electron chi connectivity index (χ0n) is 15.2. The highest BCUT2D eigenvalue weighted by molar-refractivity contribution is 5.94. The molecular weight excluding hydrogens is 316 g/mol. The number of anilines is 1. The topological polar surface area (TPSA) is 61.8 Å². The van der Waals surface area contributed by atoms with Crippen molar-refractivity contribution in [3.63, 3.8) is 0 Å². The van der Waals surface area contributed by atoms with Crippen molar-refractivity contribution in [1.82, 2.24) is 5.32 Å². The molecule has 0 saturated carbocycles. The molecule has 1 atom stereocenters. The number of ether oxygens (including phenoxy) is 1. The summed E-state index contributed by atoms with van der Waals surface area (Å²) in [7, 11) is 3.93. The fourth-order valence-electron chi connectivity index (χ4n) is 2.57. The summed E-state index contributed by atoms with van der Waals surface area (Å²) in [5.41, 5.74) is 3.69. The first-order chi connectivity index (χ1) is 11.9. The average molecular weight is 342 g/mol. The van der Waals surface area contributed by atoms with Crippen LogP contribution in [-0.2, 0) is 0 Å². The summed E-state index contributed by atoms with van der Waals surface area (Å²) in [5.74, 6) is 0.533. The molecule has 0 spiro atoms. The maximum absolute atomic E-state index is 12.2. The van der Waals surface area contributed by atoms with Crippen LogP contribution in [0.25, 0.3) is 0 Å². The maximum Gasteiger partial charge on any atom is 0.251 e. The van der Waals surface area contributed by atoms with Crippen molar-refractivity contribution in [2.45, 2.75) is 20.0 Å². The van der Waals surface area contributed by atoms with Gasteiger partial charge in [-0.2, -0.15) is 0 Å². The summed E-state index contributed by atoms with van der Waals surface area (Å²) in [6.07, 6.45) is -0.772. The highest BCUT2D eigenvalue weighted by Crippen LogP contribution is 2.19. The van der Waals surface area contributed by atoms with Crippen LogP contribution in [0, 0.1) is 13.8 Å². The van der Waals surface area contributed by atoms with Crippen molar-refractivity contribution in [3.8, 4) is 5.75 Å². The minimum atomic E-state index is -0.772. The first kappa shape index (κ1) is 18.8. The molecule has 25 heavy (non-hydrogen) atoms. The Bertz CT molecular complexity index is 729. The molecule has 5 heteroatoms. The number of rotatable bonds is 7. The maximum atomic E-state index is 12.2. The molecule has 5 nitrogen and oxygen atoms in total.